The number of hydrogen-bond donors (Lipinski definition) is 2. The predicted octanol–water partition coefficient (Wildman–Crippen LogP) is 2.45. The third-order valence-corrected chi connectivity index (χ3v) is 4.83. The molecule has 2 aromatic rings. The van der Waals surface area contributed by atoms with Crippen LogP contribution in [-0.4, -0.2) is 13.5 Å². The number of rotatable bonds is 5. The number of nitrogens with one attached hydrogen (secondary N) is 1. The fourth-order valence-electron chi connectivity index (χ4n) is 1.87. The summed E-state index contributed by atoms with van der Waals surface area (Å²) in [6.07, 6.45) is 0. The van der Waals surface area contributed by atoms with Gasteiger partial charge in [-0.15, -0.1) is 0 Å². The van der Waals surface area contributed by atoms with E-state index in [1.54, 1.807) is 24.3 Å². The van der Waals surface area contributed by atoms with Gasteiger partial charge >= 0.3 is 0 Å². The molecule has 0 atom stereocenters. The minimum atomic E-state index is -4.08. The average molecular weight is 330 g/mol. The molecule has 2 rings (SSSR count). The molecule has 2 N–H and O–H groups in total. The number of sulfonamides is 1. The van der Waals surface area contributed by atoms with Crippen LogP contribution in [0.4, 0.5) is 4.39 Å². The van der Waals surface area contributed by atoms with Crippen molar-refractivity contribution < 1.29 is 17.9 Å². The van der Waals surface area contributed by atoms with Gasteiger partial charge in [0.1, 0.15) is 10.7 Å². The minimum absolute atomic E-state index is 0.0657. The molecule has 0 aliphatic carbocycles. The zero-order chi connectivity index (χ0) is 15.5. The molecule has 0 unspecified atom stereocenters. The normalized spacial score (nSPS) is 11.6. The standard InChI is InChI=1S/C14H13ClFNO3S/c15-12-6-3-7-13(16)14(12)21(19,20)17-8-10-4-1-2-5-11(10)9-18/h1-7,17-18H,8-9H2. The summed E-state index contributed by atoms with van der Waals surface area (Å²) >= 11 is 5.76. The molecule has 0 spiro atoms. The van der Waals surface area contributed by atoms with Gasteiger partial charge in [0.25, 0.3) is 0 Å². The number of aliphatic hydroxyl groups excluding tert-OH is 1. The molecular weight excluding hydrogens is 317 g/mol. The Kier molecular flexibility index (Phi) is 4.95. The highest BCUT2D eigenvalue weighted by Gasteiger charge is 2.22. The largest absolute Gasteiger partial charge is 0.392 e. The Morgan fingerprint density at radius 1 is 1.10 bits per heavy atom. The lowest BCUT2D eigenvalue weighted by atomic mass is 10.1. The lowest BCUT2D eigenvalue weighted by molar-refractivity contribution is 0.280. The summed E-state index contributed by atoms with van der Waals surface area (Å²) in [4.78, 5) is -0.576. The zero-order valence-electron chi connectivity index (χ0n) is 10.9. The van der Waals surface area contributed by atoms with Crippen molar-refractivity contribution in [1.82, 2.24) is 4.72 Å². The predicted molar refractivity (Wildman–Crippen MR) is 77.8 cm³/mol. The van der Waals surface area contributed by atoms with Gasteiger partial charge in [0.15, 0.2) is 0 Å². The van der Waals surface area contributed by atoms with Crippen molar-refractivity contribution in [2.45, 2.75) is 18.0 Å². The van der Waals surface area contributed by atoms with E-state index in [0.29, 0.717) is 11.1 Å². The second-order valence-electron chi connectivity index (χ2n) is 4.30. The minimum Gasteiger partial charge on any atom is -0.392 e. The second-order valence-corrected chi connectivity index (χ2v) is 6.41. The van der Waals surface area contributed by atoms with Crippen LogP contribution in [0, 0.1) is 5.82 Å². The molecule has 0 amide bonds. The molecule has 7 heteroatoms. The zero-order valence-corrected chi connectivity index (χ0v) is 12.5. The molecule has 0 bridgehead atoms. The van der Waals surface area contributed by atoms with E-state index in [2.05, 4.69) is 4.72 Å². The maximum Gasteiger partial charge on any atom is 0.245 e. The average Bonchev–Trinajstić information content (AvgIpc) is 2.45. The van der Waals surface area contributed by atoms with E-state index >= 15 is 0 Å². The molecule has 0 aliphatic heterocycles. The lowest BCUT2D eigenvalue weighted by Crippen LogP contribution is -2.25. The van der Waals surface area contributed by atoms with Crippen LogP contribution in [0.15, 0.2) is 47.4 Å². The van der Waals surface area contributed by atoms with Crippen LogP contribution in [0.2, 0.25) is 5.02 Å². The first-order valence-corrected chi connectivity index (χ1v) is 7.93. The van der Waals surface area contributed by atoms with Gasteiger partial charge in [0.2, 0.25) is 10.0 Å². The van der Waals surface area contributed by atoms with Crippen LogP contribution in [0.1, 0.15) is 11.1 Å². The Morgan fingerprint density at radius 2 is 1.76 bits per heavy atom. The topological polar surface area (TPSA) is 66.4 Å². The highest BCUT2D eigenvalue weighted by molar-refractivity contribution is 7.89. The molecule has 0 heterocycles. The van der Waals surface area contributed by atoms with Gasteiger partial charge < -0.3 is 5.11 Å². The molecule has 0 fully saturated rings. The van der Waals surface area contributed by atoms with E-state index in [-0.39, 0.29) is 18.2 Å². The summed E-state index contributed by atoms with van der Waals surface area (Å²) < 4.78 is 40.3. The van der Waals surface area contributed by atoms with Crippen LogP contribution >= 0.6 is 11.6 Å². The van der Waals surface area contributed by atoms with Crippen LogP contribution in [0.5, 0.6) is 0 Å². The first-order valence-electron chi connectivity index (χ1n) is 6.07. The van der Waals surface area contributed by atoms with Gasteiger partial charge in [-0.25, -0.2) is 17.5 Å². The summed E-state index contributed by atoms with van der Waals surface area (Å²) in [6.45, 7) is -0.276. The molecule has 21 heavy (non-hydrogen) atoms. The number of benzene rings is 2. The van der Waals surface area contributed by atoms with Gasteiger partial charge in [-0.3, -0.25) is 0 Å². The maximum atomic E-state index is 13.7. The lowest BCUT2D eigenvalue weighted by Gasteiger charge is -2.11. The SMILES string of the molecule is O=S(=O)(NCc1ccccc1CO)c1c(F)cccc1Cl. The summed E-state index contributed by atoms with van der Waals surface area (Å²) in [5, 5.41) is 9.01. The van der Waals surface area contributed by atoms with E-state index in [9.17, 15) is 17.9 Å². The van der Waals surface area contributed by atoms with Crippen LogP contribution in [0.3, 0.4) is 0 Å². The third-order valence-electron chi connectivity index (χ3n) is 2.93. The summed E-state index contributed by atoms with van der Waals surface area (Å²) in [5.41, 5.74) is 1.20. The Labute approximate surface area is 127 Å². The molecule has 4 nitrogen and oxygen atoms in total. The van der Waals surface area contributed by atoms with E-state index < -0.39 is 20.7 Å². The van der Waals surface area contributed by atoms with Crippen molar-refractivity contribution in [2.24, 2.45) is 0 Å². The smallest absolute Gasteiger partial charge is 0.245 e. The first kappa shape index (κ1) is 15.9. The van der Waals surface area contributed by atoms with Crippen molar-refractivity contribution in [1.29, 1.82) is 0 Å². The molecule has 0 radical (unpaired) electrons. The molecular formula is C14H13ClFNO3S. The van der Waals surface area contributed by atoms with E-state index in [1.165, 1.54) is 12.1 Å². The molecule has 2 aromatic carbocycles. The fourth-order valence-corrected chi connectivity index (χ4v) is 3.48. The molecule has 0 saturated carbocycles. The van der Waals surface area contributed by atoms with Crippen molar-refractivity contribution in [3.63, 3.8) is 0 Å². The fraction of sp³-hybridized carbons (Fsp3) is 0.143. The number of hydrogen-bond acceptors (Lipinski definition) is 3. The second kappa shape index (κ2) is 6.53. The van der Waals surface area contributed by atoms with Crippen LogP contribution in [0.25, 0.3) is 0 Å². The van der Waals surface area contributed by atoms with Crippen LogP contribution < -0.4 is 4.72 Å². The number of halogens is 2. The van der Waals surface area contributed by atoms with Crippen molar-refractivity contribution in [3.8, 4) is 0 Å². The number of aliphatic hydroxyl groups is 1. The summed E-state index contributed by atoms with van der Waals surface area (Å²) in [7, 11) is -4.08. The van der Waals surface area contributed by atoms with E-state index in [1.807, 2.05) is 0 Å². The third kappa shape index (κ3) is 3.59. The van der Waals surface area contributed by atoms with Gasteiger partial charge in [-0.05, 0) is 23.3 Å². The van der Waals surface area contributed by atoms with Crippen LogP contribution in [-0.2, 0) is 23.2 Å². The van der Waals surface area contributed by atoms with E-state index in [4.69, 9.17) is 11.6 Å². The Bertz CT molecular complexity index is 729. The Morgan fingerprint density at radius 3 is 2.38 bits per heavy atom. The van der Waals surface area contributed by atoms with Crippen molar-refractivity contribution >= 4 is 21.6 Å². The molecule has 0 aromatic heterocycles. The van der Waals surface area contributed by atoms with E-state index in [0.717, 1.165) is 6.07 Å². The monoisotopic (exact) mass is 329 g/mol. The van der Waals surface area contributed by atoms with Gasteiger partial charge in [-0.2, -0.15) is 0 Å². The highest BCUT2D eigenvalue weighted by atomic mass is 35.5. The van der Waals surface area contributed by atoms with Crippen molar-refractivity contribution in [3.05, 3.63) is 64.4 Å². The maximum absolute atomic E-state index is 13.7. The summed E-state index contributed by atoms with van der Waals surface area (Å²) in [5.74, 6) is -0.912. The van der Waals surface area contributed by atoms with Gasteiger partial charge in [0, 0.05) is 6.54 Å². The molecule has 0 aliphatic rings. The first-order chi connectivity index (χ1) is 9.95. The summed E-state index contributed by atoms with van der Waals surface area (Å²) in [6, 6.07) is 10.5. The highest BCUT2D eigenvalue weighted by Crippen LogP contribution is 2.24. The quantitative estimate of drug-likeness (QED) is 0.885. The molecule has 0 saturated heterocycles. The Hall–Kier alpha value is -1.47. The molecule has 112 valence electrons. The Balaban J connectivity index is 2.27. The van der Waals surface area contributed by atoms with Gasteiger partial charge in [-0.1, -0.05) is 41.9 Å². The van der Waals surface area contributed by atoms with Crippen molar-refractivity contribution in [2.75, 3.05) is 0 Å². The van der Waals surface area contributed by atoms with Gasteiger partial charge in [0.05, 0.1) is 11.6 Å².